The van der Waals surface area contributed by atoms with E-state index >= 15 is 0 Å². The molecule has 6 nitrogen and oxygen atoms in total. The summed E-state index contributed by atoms with van der Waals surface area (Å²) in [5, 5.41) is 12.3. The van der Waals surface area contributed by atoms with Gasteiger partial charge in [0, 0.05) is 11.9 Å². The van der Waals surface area contributed by atoms with Gasteiger partial charge in [-0.25, -0.2) is 4.98 Å². The lowest BCUT2D eigenvalue weighted by Crippen LogP contribution is -2.14. The molecule has 3 aromatic rings. The molecule has 1 aromatic carbocycles. The molecule has 1 amide bonds. The van der Waals surface area contributed by atoms with Crippen LogP contribution in [-0.2, 0) is 24.2 Å². The van der Waals surface area contributed by atoms with Crippen LogP contribution in [0.1, 0.15) is 17.1 Å². The van der Waals surface area contributed by atoms with Crippen LogP contribution in [0.15, 0.2) is 48.4 Å². The predicted molar refractivity (Wildman–Crippen MR) is 101 cm³/mol. The van der Waals surface area contributed by atoms with Gasteiger partial charge in [0.15, 0.2) is 9.90 Å². The number of amides is 1. The Labute approximate surface area is 154 Å². The molecule has 0 unspecified atom stereocenters. The Bertz CT molecular complexity index is 926. The highest BCUT2D eigenvalue weighted by atomic mass is 32.1. The summed E-state index contributed by atoms with van der Waals surface area (Å²) in [6.45, 7) is 4.32. The maximum Gasteiger partial charge on any atom is 0.230 e. The Balaban J connectivity index is 1.64. The first-order valence-corrected chi connectivity index (χ1v) is 8.97. The fourth-order valence-electron chi connectivity index (χ4n) is 2.35. The van der Waals surface area contributed by atoms with Crippen molar-refractivity contribution < 1.29 is 4.79 Å². The Hall–Kier alpha value is -2.58. The number of hydrogen-bond acceptors (Lipinski definition) is 5. The van der Waals surface area contributed by atoms with E-state index in [1.54, 1.807) is 6.08 Å². The van der Waals surface area contributed by atoms with Gasteiger partial charge in [-0.05, 0) is 17.8 Å². The predicted octanol–water partition coefficient (Wildman–Crippen LogP) is 3.36. The number of benzene rings is 1. The number of anilines is 1. The number of nitrogens with zero attached hydrogens (tertiary/aromatic N) is 3. The Kier molecular flexibility index (Phi) is 5.52. The summed E-state index contributed by atoms with van der Waals surface area (Å²) >= 11 is 6.60. The van der Waals surface area contributed by atoms with E-state index in [9.17, 15) is 4.79 Å². The normalized spacial score (nSPS) is 10.6. The summed E-state index contributed by atoms with van der Waals surface area (Å²) < 4.78 is 2.43. The lowest BCUT2D eigenvalue weighted by molar-refractivity contribution is -0.115. The van der Waals surface area contributed by atoms with Crippen molar-refractivity contribution in [3.8, 4) is 0 Å². The van der Waals surface area contributed by atoms with E-state index in [0.29, 0.717) is 29.3 Å². The van der Waals surface area contributed by atoms with Crippen molar-refractivity contribution in [3.05, 3.63) is 70.2 Å². The summed E-state index contributed by atoms with van der Waals surface area (Å²) in [5.74, 6) is 0.707. The molecule has 2 N–H and O–H groups in total. The smallest absolute Gasteiger partial charge is 0.230 e. The zero-order valence-corrected chi connectivity index (χ0v) is 15.1. The molecule has 0 aliphatic rings. The third-order valence-electron chi connectivity index (χ3n) is 3.49. The largest absolute Gasteiger partial charge is 0.302 e. The van der Waals surface area contributed by atoms with Gasteiger partial charge in [-0.3, -0.25) is 14.5 Å². The lowest BCUT2D eigenvalue weighted by atomic mass is 10.1. The van der Waals surface area contributed by atoms with Crippen LogP contribution in [0.25, 0.3) is 0 Å². The quantitative estimate of drug-likeness (QED) is 0.493. The van der Waals surface area contributed by atoms with Gasteiger partial charge in [0.1, 0.15) is 5.82 Å². The van der Waals surface area contributed by atoms with Gasteiger partial charge in [-0.2, -0.15) is 5.10 Å². The highest BCUT2D eigenvalue weighted by Gasteiger charge is 2.11. The van der Waals surface area contributed by atoms with E-state index in [-0.39, 0.29) is 5.91 Å². The molecule has 0 spiro atoms. The van der Waals surface area contributed by atoms with Gasteiger partial charge in [0.2, 0.25) is 5.91 Å². The Morgan fingerprint density at radius 2 is 2.20 bits per heavy atom. The van der Waals surface area contributed by atoms with Gasteiger partial charge in [0.25, 0.3) is 0 Å². The van der Waals surface area contributed by atoms with Crippen LogP contribution in [0.2, 0.25) is 0 Å². The molecule has 2 aromatic heterocycles. The standard InChI is InChI=1S/C17H17N5OS2/c1-2-8-22-14(20-21-17(22)24)10-13-11-25-16(18-13)19-15(23)9-12-6-4-3-5-7-12/h2-7,11H,1,8-10H2,(H,21,24)(H,18,19,23). The number of carbonyl (C=O) groups is 1. The second-order valence-electron chi connectivity index (χ2n) is 5.38. The van der Waals surface area contributed by atoms with Crippen molar-refractivity contribution >= 4 is 34.6 Å². The topological polar surface area (TPSA) is 75.6 Å². The minimum atomic E-state index is -0.0820. The van der Waals surface area contributed by atoms with Crippen LogP contribution in [0.5, 0.6) is 0 Å². The molecule has 3 rings (SSSR count). The Morgan fingerprint density at radius 1 is 1.40 bits per heavy atom. The van der Waals surface area contributed by atoms with Crippen molar-refractivity contribution in [2.75, 3.05) is 5.32 Å². The first-order valence-electron chi connectivity index (χ1n) is 7.69. The van der Waals surface area contributed by atoms with Gasteiger partial charge in [0.05, 0.1) is 18.5 Å². The van der Waals surface area contributed by atoms with E-state index in [1.807, 2.05) is 40.3 Å². The molecule has 0 atom stereocenters. The highest BCUT2D eigenvalue weighted by molar-refractivity contribution is 7.71. The minimum absolute atomic E-state index is 0.0820. The minimum Gasteiger partial charge on any atom is -0.302 e. The summed E-state index contributed by atoms with van der Waals surface area (Å²) in [5.41, 5.74) is 1.80. The number of aromatic nitrogens is 4. The van der Waals surface area contributed by atoms with E-state index in [2.05, 4.69) is 27.1 Å². The van der Waals surface area contributed by atoms with Crippen molar-refractivity contribution in [3.63, 3.8) is 0 Å². The average molecular weight is 371 g/mol. The third-order valence-corrected chi connectivity index (χ3v) is 4.61. The van der Waals surface area contributed by atoms with E-state index in [4.69, 9.17) is 12.2 Å². The third kappa shape index (κ3) is 4.49. The van der Waals surface area contributed by atoms with E-state index in [0.717, 1.165) is 17.1 Å². The summed E-state index contributed by atoms with van der Waals surface area (Å²) in [4.78, 5) is 16.6. The molecule has 0 fully saturated rings. The lowest BCUT2D eigenvalue weighted by Gasteiger charge is -2.02. The van der Waals surface area contributed by atoms with Crippen LogP contribution >= 0.6 is 23.6 Å². The van der Waals surface area contributed by atoms with E-state index < -0.39 is 0 Å². The molecule has 0 aliphatic carbocycles. The molecule has 0 aliphatic heterocycles. The first kappa shape index (κ1) is 17.2. The number of H-pyrrole nitrogens is 1. The maximum atomic E-state index is 12.1. The molecular formula is C17H17N5OS2. The monoisotopic (exact) mass is 371 g/mol. The highest BCUT2D eigenvalue weighted by Crippen LogP contribution is 2.18. The van der Waals surface area contributed by atoms with Crippen molar-refractivity contribution in [1.29, 1.82) is 0 Å². The zero-order valence-electron chi connectivity index (χ0n) is 13.4. The van der Waals surface area contributed by atoms with Crippen molar-refractivity contribution in [2.45, 2.75) is 19.4 Å². The zero-order chi connectivity index (χ0) is 17.6. The van der Waals surface area contributed by atoms with Gasteiger partial charge in [-0.1, -0.05) is 36.4 Å². The van der Waals surface area contributed by atoms with Gasteiger partial charge < -0.3 is 5.32 Å². The second-order valence-corrected chi connectivity index (χ2v) is 6.62. The molecule has 128 valence electrons. The second kappa shape index (κ2) is 8.00. The number of allylic oxidation sites excluding steroid dienone is 1. The number of hydrogen-bond donors (Lipinski definition) is 2. The number of carbonyl (C=O) groups excluding carboxylic acids is 1. The molecule has 2 heterocycles. The van der Waals surface area contributed by atoms with Crippen LogP contribution in [0.3, 0.4) is 0 Å². The first-order chi connectivity index (χ1) is 12.2. The molecule has 8 heteroatoms. The van der Waals surface area contributed by atoms with Gasteiger partial charge in [-0.15, -0.1) is 17.9 Å². The molecule has 25 heavy (non-hydrogen) atoms. The maximum absolute atomic E-state index is 12.1. The van der Waals surface area contributed by atoms with Crippen LogP contribution in [0.4, 0.5) is 5.13 Å². The average Bonchev–Trinajstić information content (AvgIpc) is 3.17. The summed E-state index contributed by atoms with van der Waals surface area (Å²) in [6, 6.07) is 9.61. The number of nitrogens with one attached hydrogen (secondary N) is 2. The van der Waals surface area contributed by atoms with Crippen LogP contribution in [0, 0.1) is 4.77 Å². The number of rotatable bonds is 7. The van der Waals surface area contributed by atoms with E-state index in [1.165, 1.54) is 11.3 Å². The fourth-order valence-corrected chi connectivity index (χ4v) is 3.31. The summed E-state index contributed by atoms with van der Waals surface area (Å²) in [7, 11) is 0. The number of aromatic amines is 1. The SMILES string of the molecule is C=CCn1c(Cc2csc(NC(=O)Cc3ccccc3)n2)n[nH]c1=S. The Morgan fingerprint density at radius 3 is 2.96 bits per heavy atom. The number of thiazole rings is 1. The molecular weight excluding hydrogens is 354 g/mol. The molecule has 0 saturated carbocycles. The molecule has 0 bridgehead atoms. The van der Waals surface area contributed by atoms with Crippen LogP contribution in [-0.4, -0.2) is 25.7 Å². The van der Waals surface area contributed by atoms with Crippen molar-refractivity contribution in [1.82, 2.24) is 19.7 Å². The van der Waals surface area contributed by atoms with Crippen molar-refractivity contribution in [2.24, 2.45) is 0 Å². The van der Waals surface area contributed by atoms with Crippen LogP contribution < -0.4 is 5.32 Å². The summed E-state index contributed by atoms with van der Waals surface area (Å²) in [6.07, 6.45) is 2.63. The molecule has 0 radical (unpaired) electrons. The fraction of sp³-hybridized carbons (Fsp3) is 0.176. The van der Waals surface area contributed by atoms with Gasteiger partial charge >= 0.3 is 0 Å². The molecule has 0 saturated heterocycles.